The maximum atomic E-state index is 6.41. The lowest BCUT2D eigenvalue weighted by molar-refractivity contribution is 0.439. The van der Waals surface area contributed by atoms with Crippen LogP contribution in [0.3, 0.4) is 0 Å². The number of aryl methyl sites for hydroxylation is 2. The van der Waals surface area contributed by atoms with Crippen molar-refractivity contribution in [2.24, 2.45) is 0 Å². The monoisotopic (exact) mass is 403 g/mol. The molecule has 0 saturated carbocycles. The van der Waals surface area contributed by atoms with Crippen molar-refractivity contribution < 1.29 is 4.42 Å². The Bertz CT molecular complexity index is 1310. The van der Waals surface area contributed by atoms with Gasteiger partial charge in [0.1, 0.15) is 5.52 Å². The summed E-state index contributed by atoms with van der Waals surface area (Å²) in [6, 6.07) is 25.2. The number of hydrogen-bond donors (Lipinski definition) is 0. The first-order valence-corrected chi connectivity index (χ1v) is 10.7. The summed E-state index contributed by atoms with van der Waals surface area (Å²) in [7, 11) is 0. The predicted molar refractivity (Wildman–Crippen MR) is 128 cm³/mol. The molecule has 1 aliphatic rings. The van der Waals surface area contributed by atoms with Gasteiger partial charge in [-0.05, 0) is 54.2 Å². The summed E-state index contributed by atoms with van der Waals surface area (Å²) in [5.41, 5.74) is 7.29. The molecule has 1 aromatic heterocycles. The Morgan fingerprint density at radius 3 is 2.35 bits per heavy atom. The van der Waals surface area contributed by atoms with E-state index in [0.717, 1.165) is 29.0 Å². The van der Waals surface area contributed by atoms with Gasteiger partial charge in [0, 0.05) is 0 Å². The lowest BCUT2D eigenvalue weighted by Crippen LogP contribution is -2.26. The zero-order valence-corrected chi connectivity index (χ0v) is 17.9. The van der Waals surface area contributed by atoms with E-state index in [9.17, 15) is 0 Å². The van der Waals surface area contributed by atoms with Crippen LogP contribution >= 0.6 is 0 Å². The normalized spacial score (nSPS) is 18.6. The number of aromatic nitrogens is 1. The van der Waals surface area contributed by atoms with Gasteiger partial charge in [0.05, 0.1) is 5.41 Å². The van der Waals surface area contributed by atoms with E-state index < -0.39 is 5.41 Å². The maximum absolute atomic E-state index is 6.41. The third-order valence-electron chi connectivity index (χ3n) is 5.98. The van der Waals surface area contributed by atoms with E-state index in [0.29, 0.717) is 0 Å². The molecule has 0 N–H and O–H groups in total. The van der Waals surface area contributed by atoms with Crippen molar-refractivity contribution in [3.8, 4) is 0 Å². The van der Waals surface area contributed by atoms with Gasteiger partial charge in [0.2, 0.25) is 5.89 Å². The molecule has 152 valence electrons. The third kappa shape index (κ3) is 3.66. The van der Waals surface area contributed by atoms with Crippen LogP contribution < -0.4 is 0 Å². The number of oxazole rings is 1. The average molecular weight is 404 g/mol. The average Bonchev–Trinajstić information content (AvgIpc) is 3.24. The fourth-order valence-electron chi connectivity index (χ4n) is 4.33. The van der Waals surface area contributed by atoms with Gasteiger partial charge in [-0.2, -0.15) is 0 Å². The summed E-state index contributed by atoms with van der Waals surface area (Å²) in [6.45, 7) is 4.19. The van der Waals surface area contributed by atoms with Crippen LogP contribution in [0.25, 0.3) is 17.2 Å². The Morgan fingerprint density at radius 2 is 1.65 bits per heavy atom. The molecule has 3 aromatic carbocycles. The summed E-state index contributed by atoms with van der Waals surface area (Å²) in [6.07, 6.45) is 11.8. The SMILES string of the molecule is Cc1cc(C)c2oc(C3(c4ccccc4)C=CC(C=Cc4ccccc4)=CC3)nc2c1. The van der Waals surface area contributed by atoms with Crippen molar-refractivity contribution in [2.75, 3.05) is 0 Å². The predicted octanol–water partition coefficient (Wildman–Crippen LogP) is 7.33. The van der Waals surface area contributed by atoms with Crippen LogP contribution in [-0.2, 0) is 5.41 Å². The van der Waals surface area contributed by atoms with Gasteiger partial charge >= 0.3 is 0 Å². The zero-order valence-electron chi connectivity index (χ0n) is 17.9. The van der Waals surface area contributed by atoms with Crippen molar-refractivity contribution in [1.82, 2.24) is 4.98 Å². The minimum atomic E-state index is -0.412. The van der Waals surface area contributed by atoms with E-state index in [2.05, 4.69) is 105 Å². The van der Waals surface area contributed by atoms with Crippen LogP contribution in [0.2, 0.25) is 0 Å². The second-order valence-electron chi connectivity index (χ2n) is 8.27. The number of benzene rings is 3. The van der Waals surface area contributed by atoms with Gasteiger partial charge in [0.15, 0.2) is 5.58 Å². The lowest BCUT2D eigenvalue weighted by atomic mass is 9.74. The molecule has 2 nitrogen and oxygen atoms in total. The van der Waals surface area contributed by atoms with Crippen LogP contribution in [0.15, 0.2) is 107 Å². The van der Waals surface area contributed by atoms with Gasteiger partial charge < -0.3 is 4.42 Å². The van der Waals surface area contributed by atoms with Crippen LogP contribution in [0.4, 0.5) is 0 Å². The van der Waals surface area contributed by atoms with Crippen LogP contribution in [0.1, 0.15) is 34.6 Å². The first kappa shape index (κ1) is 19.3. The van der Waals surface area contributed by atoms with Crippen molar-refractivity contribution in [3.63, 3.8) is 0 Å². The quantitative estimate of drug-likeness (QED) is 0.356. The molecule has 0 amide bonds. The highest BCUT2D eigenvalue weighted by Crippen LogP contribution is 2.41. The number of fused-ring (bicyclic) bond motifs is 1. The highest BCUT2D eigenvalue weighted by Gasteiger charge is 2.37. The maximum Gasteiger partial charge on any atom is 0.210 e. The molecule has 0 bridgehead atoms. The molecule has 0 radical (unpaired) electrons. The molecule has 1 aliphatic carbocycles. The first-order valence-electron chi connectivity index (χ1n) is 10.7. The fourth-order valence-corrected chi connectivity index (χ4v) is 4.33. The van der Waals surface area contributed by atoms with E-state index in [1.807, 2.05) is 12.1 Å². The van der Waals surface area contributed by atoms with E-state index in [1.54, 1.807) is 0 Å². The molecule has 2 heteroatoms. The summed E-state index contributed by atoms with van der Waals surface area (Å²) in [5, 5.41) is 0. The number of nitrogens with zero attached hydrogens (tertiary/aromatic N) is 1. The van der Waals surface area contributed by atoms with Gasteiger partial charge in [-0.15, -0.1) is 0 Å². The largest absolute Gasteiger partial charge is 0.439 e. The number of hydrogen-bond acceptors (Lipinski definition) is 2. The molecule has 0 saturated heterocycles. The summed E-state index contributed by atoms with van der Waals surface area (Å²) in [4.78, 5) is 4.96. The lowest BCUT2D eigenvalue weighted by Gasteiger charge is -2.29. The van der Waals surface area contributed by atoms with Crippen molar-refractivity contribution in [1.29, 1.82) is 0 Å². The third-order valence-corrected chi connectivity index (χ3v) is 5.98. The molecule has 1 heterocycles. The van der Waals surface area contributed by atoms with Crippen molar-refractivity contribution in [3.05, 3.63) is 131 Å². The Hall–Kier alpha value is -3.65. The molecule has 0 fully saturated rings. The minimum absolute atomic E-state index is 0.412. The van der Waals surface area contributed by atoms with E-state index >= 15 is 0 Å². The van der Waals surface area contributed by atoms with Crippen molar-refractivity contribution >= 4 is 17.2 Å². The van der Waals surface area contributed by atoms with Gasteiger partial charge in [-0.25, -0.2) is 4.98 Å². The fraction of sp³-hybridized carbons (Fsp3) is 0.138. The zero-order chi connectivity index (χ0) is 21.3. The minimum Gasteiger partial charge on any atom is -0.439 e. The topological polar surface area (TPSA) is 26.0 Å². The van der Waals surface area contributed by atoms with Gasteiger partial charge in [-0.1, -0.05) is 97.1 Å². The highest BCUT2D eigenvalue weighted by atomic mass is 16.3. The van der Waals surface area contributed by atoms with Crippen LogP contribution in [-0.4, -0.2) is 4.98 Å². The van der Waals surface area contributed by atoms with E-state index in [4.69, 9.17) is 9.40 Å². The molecule has 1 unspecified atom stereocenters. The standard InChI is InChI=1S/C29H25NO/c1-21-19-22(2)27-26(20-21)30-28(31-27)29(25-11-7-4-8-12-25)17-15-24(16-18-29)14-13-23-9-5-3-6-10-23/h3-17,19-20H,18H2,1-2H3. The molecule has 31 heavy (non-hydrogen) atoms. The number of allylic oxidation sites excluding steroid dienone is 5. The highest BCUT2D eigenvalue weighted by molar-refractivity contribution is 5.77. The molecular weight excluding hydrogens is 378 g/mol. The smallest absolute Gasteiger partial charge is 0.210 e. The second kappa shape index (κ2) is 7.88. The molecule has 5 rings (SSSR count). The summed E-state index contributed by atoms with van der Waals surface area (Å²) < 4.78 is 6.41. The Kier molecular flexibility index (Phi) is 4.91. The molecular formula is C29H25NO. The second-order valence-corrected chi connectivity index (χ2v) is 8.27. The Balaban J connectivity index is 1.56. The van der Waals surface area contributed by atoms with Gasteiger partial charge in [0.25, 0.3) is 0 Å². The number of rotatable bonds is 4. The first-order chi connectivity index (χ1) is 15.1. The summed E-state index contributed by atoms with van der Waals surface area (Å²) >= 11 is 0. The Labute approximate surface area is 183 Å². The van der Waals surface area contributed by atoms with Crippen LogP contribution in [0, 0.1) is 13.8 Å². The van der Waals surface area contributed by atoms with Crippen LogP contribution in [0.5, 0.6) is 0 Å². The molecule has 0 spiro atoms. The molecule has 1 atom stereocenters. The van der Waals surface area contributed by atoms with E-state index in [1.165, 1.54) is 22.3 Å². The summed E-state index contributed by atoms with van der Waals surface area (Å²) in [5.74, 6) is 0.751. The van der Waals surface area contributed by atoms with Crippen molar-refractivity contribution in [2.45, 2.75) is 25.7 Å². The van der Waals surface area contributed by atoms with Gasteiger partial charge in [-0.3, -0.25) is 0 Å². The Morgan fingerprint density at radius 1 is 0.903 bits per heavy atom. The molecule has 0 aliphatic heterocycles. The molecule has 4 aromatic rings. The van der Waals surface area contributed by atoms with E-state index in [-0.39, 0.29) is 0 Å².